The largest absolute Gasteiger partial charge is 0.496 e. The van der Waals surface area contributed by atoms with Crippen molar-refractivity contribution in [3.8, 4) is 5.75 Å². The second kappa shape index (κ2) is 9.25. The SMILES string of the molecule is COc1ccccc1C(CNC(=S)Nc1ccc(Cl)c(Cl)c1)N(C)C. The molecule has 2 aromatic carbocycles. The summed E-state index contributed by atoms with van der Waals surface area (Å²) in [4.78, 5) is 2.12. The number of ether oxygens (including phenoxy) is 1. The van der Waals surface area contributed by atoms with Gasteiger partial charge in [0, 0.05) is 17.8 Å². The van der Waals surface area contributed by atoms with Crippen LogP contribution in [0.4, 0.5) is 5.69 Å². The van der Waals surface area contributed by atoms with Gasteiger partial charge in [0.1, 0.15) is 5.75 Å². The van der Waals surface area contributed by atoms with Crippen LogP contribution in [0.5, 0.6) is 5.75 Å². The molecule has 134 valence electrons. The molecule has 0 saturated heterocycles. The van der Waals surface area contributed by atoms with Crippen LogP contribution in [0.2, 0.25) is 10.0 Å². The van der Waals surface area contributed by atoms with E-state index < -0.39 is 0 Å². The van der Waals surface area contributed by atoms with E-state index in [1.54, 1.807) is 19.2 Å². The topological polar surface area (TPSA) is 36.5 Å². The fraction of sp³-hybridized carbons (Fsp3) is 0.278. The van der Waals surface area contributed by atoms with Gasteiger partial charge in [-0.15, -0.1) is 0 Å². The van der Waals surface area contributed by atoms with Crippen molar-refractivity contribution < 1.29 is 4.74 Å². The monoisotopic (exact) mass is 397 g/mol. The normalized spacial score (nSPS) is 11.9. The Morgan fingerprint density at radius 3 is 2.52 bits per heavy atom. The van der Waals surface area contributed by atoms with Crippen molar-refractivity contribution in [2.75, 3.05) is 33.1 Å². The average Bonchev–Trinajstić information content (AvgIpc) is 2.58. The number of benzene rings is 2. The minimum Gasteiger partial charge on any atom is -0.496 e. The second-order valence-electron chi connectivity index (χ2n) is 5.69. The summed E-state index contributed by atoms with van der Waals surface area (Å²) in [5.74, 6) is 0.853. The van der Waals surface area contributed by atoms with Gasteiger partial charge in [0.05, 0.1) is 23.2 Å². The van der Waals surface area contributed by atoms with Crippen molar-refractivity contribution >= 4 is 46.2 Å². The Morgan fingerprint density at radius 2 is 1.88 bits per heavy atom. The van der Waals surface area contributed by atoms with E-state index in [4.69, 9.17) is 40.2 Å². The number of hydrogen-bond acceptors (Lipinski definition) is 3. The minimum atomic E-state index is 0.102. The number of halogens is 2. The number of nitrogens with zero attached hydrogens (tertiary/aromatic N) is 1. The lowest BCUT2D eigenvalue weighted by atomic mass is 10.0. The van der Waals surface area contributed by atoms with E-state index in [-0.39, 0.29) is 6.04 Å². The maximum Gasteiger partial charge on any atom is 0.170 e. The van der Waals surface area contributed by atoms with Crippen molar-refractivity contribution in [1.29, 1.82) is 0 Å². The number of thiocarbonyl (C=S) groups is 1. The molecule has 0 aromatic heterocycles. The third-order valence-electron chi connectivity index (χ3n) is 3.75. The zero-order chi connectivity index (χ0) is 18.4. The molecule has 0 amide bonds. The Balaban J connectivity index is 2.03. The van der Waals surface area contributed by atoms with E-state index >= 15 is 0 Å². The predicted octanol–water partition coefficient (Wildman–Crippen LogP) is 4.59. The molecule has 0 radical (unpaired) electrons. The highest BCUT2D eigenvalue weighted by Crippen LogP contribution is 2.27. The first-order valence-electron chi connectivity index (χ1n) is 7.71. The number of para-hydroxylation sites is 1. The van der Waals surface area contributed by atoms with Crippen molar-refractivity contribution in [2.24, 2.45) is 0 Å². The Morgan fingerprint density at radius 1 is 1.16 bits per heavy atom. The van der Waals surface area contributed by atoms with E-state index in [0.717, 1.165) is 17.0 Å². The summed E-state index contributed by atoms with van der Waals surface area (Å²) in [6.45, 7) is 0.626. The van der Waals surface area contributed by atoms with Crippen molar-refractivity contribution in [1.82, 2.24) is 10.2 Å². The summed E-state index contributed by atoms with van der Waals surface area (Å²) in [5, 5.41) is 7.86. The molecule has 0 spiro atoms. The van der Waals surface area contributed by atoms with Gasteiger partial charge in [-0.3, -0.25) is 0 Å². The highest BCUT2D eigenvalue weighted by atomic mass is 35.5. The molecule has 7 heteroatoms. The molecule has 4 nitrogen and oxygen atoms in total. The van der Waals surface area contributed by atoms with Crippen LogP contribution in [0.15, 0.2) is 42.5 Å². The summed E-state index contributed by atoms with van der Waals surface area (Å²) in [6, 6.07) is 13.4. The van der Waals surface area contributed by atoms with E-state index in [2.05, 4.69) is 21.6 Å². The second-order valence-corrected chi connectivity index (χ2v) is 6.91. The van der Waals surface area contributed by atoms with Crippen molar-refractivity contribution in [3.05, 3.63) is 58.1 Å². The minimum absolute atomic E-state index is 0.102. The summed E-state index contributed by atoms with van der Waals surface area (Å²) in [6.07, 6.45) is 0. The third kappa shape index (κ3) is 5.47. The van der Waals surface area contributed by atoms with Crippen molar-refractivity contribution in [2.45, 2.75) is 6.04 Å². The smallest absolute Gasteiger partial charge is 0.170 e. The van der Waals surface area contributed by atoms with Crippen LogP contribution in [0.1, 0.15) is 11.6 Å². The molecule has 1 unspecified atom stereocenters. The quantitative estimate of drug-likeness (QED) is 0.696. The molecule has 2 N–H and O–H groups in total. The summed E-state index contributed by atoms with van der Waals surface area (Å²) in [7, 11) is 5.72. The fourth-order valence-corrected chi connectivity index (χ4v) is 2.95. The zero-order valence-corrected chi connectivity index (χ0v) is 16.7. The Bertz CT molecular complexity index is 740. The van der Waals surface area contributed by atoms with Crippen LogP contribution in [0, 0.1) is 0 Å². The first-order valence-corrected chi connectivity index (χ1v) is 8.88. The molecule has 0 aliphatic carbocycles. The van der Waals surface area contributed by atoms with Crippen molar-refractivity contribution in [3.63, 3.8) is 0 Å². The number of anilines is 1. The molecule has 0 bridgehead atoms. The number of methoxy groups -OCH3 is 1. The summed E-state index contributed by atoms with van der Waals surface area (Å²) >= 11 is 17.3. The average molecular weight is 398 g/mol. The lowest BCUT2D eigenvalue weighted by Crippen LogP contribution is -2.36. The van der Waals surface area contributed by atoms with E-state index in [1.807, 2.05) is 38.4 Å². The number of nitrogens with one attached hydrogen (secondary N) is 2. The zero-order valence-electron chi connectivity index (χ0n) is 14.3. The van der Waals surface area contributed by atoms with Gasteiger partial charge in [0.15, 0.2) is 5.11 Å². The standard InChI is InChI=1S/C18H21Cl2N3OS/c1-23(2)16(13-6-4-5-7-17(13)24-3)11-21-18(25)22-12-8-9-14(19)15(20)10-12/h4-10,16H,11H2,1-3H3,(H2,21,22,25). The molecule has 2 rings (SSSR count). The first-order chi connectivity index (χ1) is 11.9. The molecule has 0 heterocycles. The molecule has 0 aliphatic heterocycles. The first kappa shape index (κ1) is 19.8. The van der Waals surface area contributed by atoms with Crippen LogP contribution < -0.4 is 15.4 Å². The van der Waals surface area contributed by atoms with Gasteiger partial charge in [-0.2, -0.15) is 0 Å². The Kier molecular flexibility index (Phi) is 7.32. The number of likely N-dealkylation sites (N-methyl/N-ethyl adjacent to an activating group) is 1. The maximum atomic E-state index is 6.02. The predicted molar refractivity (Wildman–Crippen MR) is 110 cm³/mol. The summed E-state index contributed by atoms with van der Waals surface area (Å²) in [5.41, 5.74) is 1.88. The van der Waals surface area contributed by atoms with E-state index in [1.165, 1.54) is 0 Å². The lowest BCUT2D eigenvalue weighted by molar-refractivity contribution is 0.288. The van der Waals surface area contributed by atoms with Gasteiger partial charge in [0.25, 0.3) is 0 Å². The molecular weight excluding hydrogens is 377 g/mol. The fourth-order valence-electron chi connectivity index (χ4n) is 2.45. The number of hydrogen-bond donors (Lipinski definition) is 2. The lowest BCUT2D eigenvalue weighted by Gasteiger charge is -2.27. The van der Waals surface area contributed by atoms with Crippen LogP contribution >= 0.6 is 35.4 Å². The van der Waals surface area contributed by atoms with Gasteiger partial charge in [-0.1, -0.05) is 41.4 Å². The van der Waals surface area contributed by atoms with Crippen LogP contribution in [0.3, 0.4) is 0 Å². The highest BCUT2D eigenvalue weighted by molar-refractivity contribution is 7.80. The van der Waals surface area contributed by atoms with Gasteiger partial charge in [-0.05, 0) is 50.6 Å². The Hall–Kier alpha value is -1.53. The highest BCUT2D eigenvalue weighted by Gasteiger charge is 2.18. The summed E-state index contributed by atoms with van der Waals surface area (Å²) < 4.78 is 5.47. The molecule has 0 aliphatic rings. The van der Waals surface area contributed by atoms with Gasteiger partial charge in [-0.25, -0.2) is 0 Å². The van der Waals surface area contributed by atoms with Gasteiger partial charge in [0.2, 0.25) is 0 Å². The molecule has 0 saturated carbocycles. The molecule has 0 fully saturated rings. The molecule has 2 aromatic rings. The molecule has 25 heavy (non-hydrogen) atoms. The van der Waals surface area contributed by atoms with Crippen LogP contribution in [0.25, 0.3) is 0 Å². The van der Waals surface area contributed by atoms with Gasteiger partial charge < -0.3 is 20.3 Å². The van der Waals surface area contributed by atoms with Gasteiger partial charge >= 0.3 is 0 Å². The third-order valence-corrected chi connectivity index (χ3v) is 4.74. The van der Waals surface area contributed by atoms with E-state index in [9.17, 15) is 0 Å². The van der Waals surface area contributed by atoms with E-state index in [0.29, 0.717) is 21.7 Å². The Labute approximate surface area is 164 Å². The molecular formula is C18H21Cl2N3OS. The van der Waals surface area contributed by atoms with Crippen LogP contribution in [-0.2, 0) is 0 Å². The number of rotatable bonds is 6. The molecule has 1 atom stereocenters. The maximum absolute atomic E-state index is 6.02. The van der Waals surface area contributed by atoms with Crippen LogP contribution in [-0.4, -0.2) is 37.8 Å².